The Labute approximate surface area is 208 Å². The standard InChI is InChI=1S/C29H42O6/c1-13-7-8-28-10-9-27(6)26(5)12-16(30)18-15(3)19(32)17(31)11-25(18,4)22(26)20-23(34-20)29(27,35-24(28)33)21(28)14(13)2/h13-14,16-23,30-32H,3,7-12H2,1-2,4-6H3. The molecule has 0 radical (unpaired) electrons. The summed E-state index contributed by atoms with van der Waals surface area (Å²) in [4.78, 5) is 13.8. The van der Waals surface area contributed by atoms with Gasteiger partial charge in [-0.2, -0.15) is 0 Å². The summed E-state index contributed by atoms with van der Waals surface area (Å²) in [6, 6.07) is 0. The summed E-state index contributed by atoms with van der Waals surface area (Å²) in [7, 11) is 0. The van der Waals surface area contributed by atoms with Gasteiger partial charge in [-0.25, -0.2) is 0 Å². The topological polar surface area (TPSA) is 99.5 Å². The zero-order valence-corrected chi connectivity index (χ0v) is 21.8. The number of ether oxygens (including phenoxy) is 2. The predicted octanol–water partition coefficient (Wildman–Crippen LogP) is 3.22. The molecule has 15 unspecified atom stereocenters. The zero-order valence-electron chi connectivity index (χ0n) is 21.8. The van der Waals surface area contributed by atoms with E-state index in [1.54, 1.807) is 0 Å². The fourth-order valence-electron chi connectivity index (χ4n) is 11.9. The summed E-state index contributed by atoms with van der Waals surface area (Å²) >= 11 is 0. The molecule has 1 spiro atoms. The molecule has 5 aliphatic carbocycles. The van der Waals surface area contributed by atoms with E-state index in [1.165, 1.54) is 0 Å². The van der Waals surface area contributed by atoms with Gasteiger partial charge in [-0.15, -0.1) is 0 Å². The van der Waals surface area contributed by atoms with Crippen LogP contribution >= 0.6 is 0 Å². The summed E-state index contributed by atoms with van der Waals surface area (Å²) in [5, 5.41) is 33.2. The highest BCUT2D eigenvalue weighted by Crippen LogP contribution is 2.83. The molecule has 0 aromatic carbocycles. The zero-order chi connectivity index (χ0) is 25.1. The van der Waals surface area contributed by atoms with Gasteiger partial charge in [0.05, 0.1) is 23.7 Å². The molecule has 0 amide bonds. The van der Waals surface area contributed by atoms with Gasteiger partial charge in [-0.1, -0.05) is 41.2 Å². The molecule has 0 aromatic rings. The molecule has 2 heterocycles. The van der Waals surface area contributed by atoms with Crippen LogP contribution in [0.2, 0.25) is 0 Å². The highest BCUT2D eigenvalue weighted by atomic mass is 16.6. The van der Waals surface area contributed by atoms with Gasteiger partial charge in [0.2, 0.25) is 0 Å². The number of rotatable bonds is 0. The lowest BCUT2D eigenvalue weighted by molar-refractivity contribution is -0.280. The van der Waals surface area contributed by atoms with Crippen LogP contribution in [0.25, 0.3) is 0 Å². The van der Waals surface area contributed by atoms with Crippen molar-refractivity contribution in [3.63, 3.8) is 0 Å². The molecular formula is C29H42O6. The monoisotopic (exact) mass is 486 g/mol. The number of esters is 1. The molecular weight excluding hydrogens is 444 g/mol. The Bertz CT molecular complexity index is 1030. The molecule has 3 N–H and O–H groups in total. The number of hydrogen-bond donors (Lipinski definition) is 3. The molecule has 6 nitrogen and oxygen atoms in total. The summed E-state index contributed by atoms with van der Waals surface area (Å²) in [5.41, 5.74) is -1.69. The first-order valence-electron chi connectivity index (χ1n) is 13.9. The van der Waals surface area contributed by atoms with Crippen molar-refractivity contribution in [3.05, 3.63) is 12.2 Å². The second-order valence-electron chi connectivity index (χ2n) is 14.5. The van der Waals surface area contributed by atoms with Crippen molar-refractivity contribution < 1.29 is 29.6 Å². The van der Waals surface area contributed by atoms with Crippen LogP contribution in [0.3, 0.4) is 0 Å². The second-order valence-corrected chi connectivity index (χ2v) is 14.5. The van der Waals surface area contributed by atoms with Crippen molar-refractivity contribution in [3.8, 4) is 0 Å². The maximum atomic E-state index is 13.8. The number of aliphatic hydroxyl groups is 3. The summed E-state index contributed by atoms with van der Waals surface area (Å²) in [5.74, 6) is 0.806. The fraction of sp³-hybridized carbons (Fsp3) is 0.897. The first-order chi connectivity index (χ1) is 16.3. The van der Waals surface area contributed by atoms with Crippen LogP contribution in [0.5, 0.6) is 0 Å². The minimum Gasteiger partial charge on any atom is -0.455 e. The number of aliphatic hydroxyl groups excluding tert-OH is 3. The lowest BCUT2D eigenvalue weighted by Crippen LogP contribution is -2.76. The van der Waals surface area contributed by atoms with Crippen molar-refractivity contribution in [1.82, 2.24) is 0 Å². The summed E-state index contributed by atoms with van der Waals surface area (Å²) < 4.78 is 13.4. The molecule has 15 atom stereocenters. The Balaban J connectivity index is 1.42. The van der Waals surface area contributed by atoms with Crippen molar-refractivity contribution in [2.24, 2.45) is 51.2 Å². The Morgan fingerprint density at radius 1 is 0.971 bits per heavy atom. The predicted molar refractivity (Wildman–Crippen MR) is 128 cm³/mol. The van der Waals surface area contributed by atoms with E-state index >= 15 is 0 Å². The van der Waals surface area contributed by atoms with Crippen LogP contribution in [-0.4, -0.2) is 57.4 Å². The van der Waals surface area contributed by atoms with E-state index in [2.05, 4.69) is 41.2 Å². The average Bonchev–Trinajstić information content (AvgIpc) is 3.52. The molecule has 2 aliphatic heterocycles. The van der Waals surface area contributed by atoms with E-state index in [-0.39, 0.29) is 46.8 Å². The summed E-state index contributed by atoms with van der Waals surface area (Å²) in [6.45, 7) is 15.6. The maximum Gasteiger partial charge on any atom is 0.313 e. The molecule has 0 aromatic heterocycles. The fourth-order valence-corrected chi connectivity index (χ4v) is 11.9. The lowest BCUT2D eigenvalue weighted by Gasteiger charge is -2.72. The largest absolute Gasteiger partial charge is 0.455 e. The number of hydrogen-bond acceptors (Lipinski definition) is 6. The van der Waals surface area contributed by atoms with Crippen LogP contribution in [0.1, 0.15) is 73.1 Å². The number of carbonyl (C=O) groups is 1. The van der Waals surface area contributed by atoms with Crippen LogP contribution in [0.4, 0.5) is 0 Å². The van der Waals surface area contributed by atoms with Crippen LogP contribution in [-0.2, 0) is 14.3 Å². The molecule has 7 aliphatic rings. The quantitative estimate of drug-likeness (QED) is 0.276. The van der Waals surface area contributed by atoms with Gasteiger partial charge in [0, 0.05) is 23.2 Å². The molecule has 5 saturated carbocycles. The summed E-state index contributed by atoms with van der Waals surface area (Å²) in [6.07, 6.45) is 1.87. The van der Waals surface area contributed by atoms with Gasteiger partial charge in [-0.05, 0) is 66.8 Å². The first kappa shape index (κ1) is 23.2. The molecule has 2 saturated heterocycles. The minimum atomic E-state index is -1.01. The number of carbonyl (C=O) groups excluding carboxylic acids is 1. The van der Waals surface area contributed by atoms with Crippen molar-refractivity contribution in [2.75, 3.05) is 0 Å². The van der Waals surface area contributed by atoms with E-state index in [0.717, 1.165) is 25.7 Å². The van der Waals surface area contributed by atoms with Crippen LogP contribution in [0, 0.1) is 51.2 Å². The number of fused-ring (bicyclic) bond motifs is 6. The van der Waals surface area contributed by atoms with Crippen molar-refractivity contribution in [2.45, 2.75) is 109 Å². The highest BCUT2D eigenvalue weighted by Gasteiger charge is 2.89. The van der Waals surface area contributed by atoms with Gasteiger partial charge in [0.15, 0.2) is 5.60 Å². The maximum absolute atomic E-state index is 13.8. The molecule has 6 heteroatoms. The smallest absolute Gasteiger partial charge is 0.313 e. The van der Waals surface area contributed by atoms with E-state index < -0.39 is 34.7 Å². The molecule has 35 heavy (non-hydrogen) atoms. The third kappa shape index (κ3) is 2.17. The van der Waals surface area contributed by atoms with E-state index in [1.807, 2.05) is 0 Å². The Morgan fingerprint density at radius 2 is 1.69 bits per heavy atom. The van der Waals surface area contributed by atoms with Crippen LogP contribution in [0.15, 0.2) is 12.2 Å². The van der Waals surface area contributed by atoms with E-state index in [9.17, 15) is 20.1 Å². The van der Waals surface area contributed by atoms with Crippen LogP contribution < -0.4 is 0 Å². The van der Waals surface area contributed by atoms with Crippen molar-refractivity contribution >= 4 is 5.97 Å². The number of epoxide rings is 1. The third-order valence-electron chi connectivity index (χ3n) is 13.6. The minimum absolute atomic E-state index is 0.00805. The van der Waals surface area contributed by atoms with Gasteiger partial charge in [0.25, 0.3) is 0 Å². The van der Waals surface area contributed by atoms with Gasteiger partial charge in [-0.3, -0.25) is 4.79 Å². The normalized spacial score (nSPS) is 66.4. The molecule has 194 valence electrons. The Morgan fingerprint density at radius 3 is 2.40 bits per heavy atom. The Kier molecular flexibility index (Phi) is 4.21. The average molecular weight is 487 g/mol. The highest BCUT2D eigenvalue weighted by molar-refractivity contribution is 5.82. The first-order valence-corrected chi connectivity index (χ1v) is 13.9. The van der Waals surface area contributed by atoms with E-state index in [0.29, 0.717) is 30.3 Å². The Hall–Kier alpha value is -0.950. The third-order valence-corrected chi connectivity index (χ3v) is 13.6. The van der Waals surface area contributed by atoms with E-state index in [4.69, 9.17) is 9.47 Å². The van der Waals surface area contributed by atoms with Gasteiger partial charge in [0.1, 0.15) is 12.2 Å². The van der Waals surface area contributed by atoms with Crippen molar-refractivity contribution in [1.29, 1.82) is 0 Å². The van der Waals surface area contributed by atoms with Gasteiger partial charge >= 0.3 is 5.97 Å². The molecule has 2 bridgehead atoms. The molecule has 7 rings (SSSR count). The molecule has 7 fully saturated rings. The SMILES string of the molecule is C=C1C(O)C(O)CC2(C)C1C(O)CC1(C)C2C2OC2C23OC(=O)C4(CCC(C)C(C)C42)CCC13C. The van der Waals surface area contributed by atoms with Gasteiger partial charge < -0.3 is 24.8 Å². The lowest BCUT2D eigenvalue weighted by atomic mass is 9.31. The second kappa shape index (κ2) is 6.36.